The molecule has 0 atom stereocenters. The van der Waals surface area contributed by atoms with Gasteiger partial charge in [-0.3, -0.25) is 19.8 Å². The molecule has 24 heavy (non-hydrogen) atoms. The summed E-state index contributed by atoms with van der Waals surface area (Å²) in [7, 11) is 0. The maximum absolute atomic E-state index is 12.5. The van der Waals surface area contributed by atoms with Gasteiger partial charge in [0.25, 0.3) is 11.8 Å². The Hall–Kier alpha value is -2.00. The Labute approximate surface area is 158 Å². The lowest BCUT2D eigenvalue weighted by molar-refractivity contribution is -0.128. The zero-order chi connectivity index (χ0) is 17.3. The Bertz CT molecular complexity index is 855. The SMILES string of the molecule is CCN1C(=O)/C(=C/c2cccn2-c2ccc(I)cc2)C(=O)NC1=S. The fraction of sp³-hybridized carbons (Fsp3) is 0.118. The Kier molecular flexibility index (Phi) is 4.81. The highest BCUT2D eigenvalue weighted by Gasteiger charge is 2.32. The quantitative estimate of drug-likeness (QED) is 0.338. The van der Waals surface area contributed by atoms with E-state index in [9.17, 15) is 9.59 Å². The number of likely N-dealkylation sites (N-methyl/N-ethyl adjacent to an activating group) is 1. The molecular weight excluding hydrogens is 437 g/mol. The number of hydrogen-bond acceptors (Lipinski definition) is 3. The van der Waals surface area contributed by atoms with Crippen molar-refractivity contribution in [3.05, 3.63) is 57.4 Å². The van der Waals surface area contributed by atoms with Gasteiger partial charge in [0.2, 0.25) is 0 Å². The third-order valence-electron chi connectivity index (χ3n) is 3.68. The Morgan fingerprint density at radius 1 is 1.21 bits per heavy atom. The molecular formula is C17H14IN3O2S. The molecule has 2 aromatic rings. The highest BCUT2D eigenvalue weighted by Crippen LogP contribution is 2.19. The number of halogens is 1. The van der Waals surface area contributed by atoms with Gasteiger partial charge in [-0.25, -0.2) is 0 Å². The van der Waals surface area contributed by atoms with Crippen LogP contribution >= 0.6 is 34.8 Å². The van der Waals surface area contributed by atoms with Gasteiger partial charge in [-0.05, 0) is 84.2 Å². The zero-order valence-corrected chi connectivity index (χ0v) is 15.8. The van der Waals surface area contributed by atoms with Crippen LogP contribution in [0, 0.1) is 3.57 Å². The lowest BCUT2D eigenvalue weighted by Gasteiger charge is -2.27. The summed E-state index contributed by atoms with van der Waals surface area (Å²) in [6.07, 6.45) is 3.49. The van der Waals surface area contributed by atoms with E-state index in [0.717, 1.165) is 15.0 Å². The summed E-state index contributed by atoms with van der Waals surface area (Å²) in [5.41, 5.74) is 1.79. The summed E-state index contributed by atoms with van der Waals surface area (Å²) in [6, 6.07) is 11.7. The van der Waals surface area contributed by atoms with Gasteiger partial charge in [0.05, 0.1) is 0 Å². The molecule has 1 fully saturated rings. The van der Waals surface area contributed by atoms with Crippen LogP contribution in [0.2, 0.25) is 0 Å². The van der Waals surface area contributed by atoms with Crippen LogP contribution in [0.4, 0.5) is 0 Å². The molecule has 0 saturated carbocycles. The van der Waals surface area contributed by atoms with Crippen molar-refractivity contribution in [1.82, 2.24) is 14.8 Å². The fourth-order valence-corrected chi connectivity index (χ4v) is 3.14. The van der Waals surface area contributed by atoms with Crippen molar-refractivity contribution >= 4 is 57.8 Å². The molecule has 1 aliphatic rings. The monoisotopic (exact) mass is 451 g/mol. The maximum Gasteiger partial charge on any atom is 0.265 e. The second kappa shape index (κ2) is 6.86. The van der Waals surface area contributed by atoms with Crippen LogP contribution in [-0.2, 0) is 9.59 Å². The first kappa shape index (κ1) is 16.8. The van der Waals surface area contributed by atoms with Gasteiger partial charge >= 0.3 is 0 Å². The van der Waals surface area contributed by atoms with Gasteiger partial charge in [0.1, 0.15) is 5.57 Å². The van der Waals surface area contributed by atoms with Crippen LogP contribution in [0.3, 0.4) is 0 Å². The molecule has 0 bridgehead atoms. The molecule has 0 spiro atoms. The van der Waals surface area contributed by atoms with E-state index in [2.05, 4.69) is 27.9 Å². The number of thiocarbonyl (C=S) groups is 1. The molecule has 2 heterocycles. The van der Waals surface area contributed by atoms with E-state index < -0.39 is 5.91 Å². The number of benzene rings is 1. The minimum atomic E-state index is -0.468. The summed E-state index contributed by atoms with van der Waals surface area (Å²) in [6.45, 7) is 2.22. The second-order valence-electron chi connectivity index (χ2n) is 5.15. The fourth-order valence-electron chi connectivity index (χ4n) is 2.48. The predicted octanol–water partition coefficient (Wildman–Crippen LogP) is 2.73. The van der Waals surface area contributed by atoms with E-state index in [1.165, 1.54) is 4.90 Å². The maximum atomic E-state index is 12.5. The molecule has 0 radical (unpaired) electrons. The van der Waals surface area contributed by atoms with E-state index in [0.29, 0.717) is 6.54 Å². The van der Waals surface area contributed by atoms with Crippen molar-refractivity contribution in [3.8, 4) is 5.69 Å². The molecule has 122 valence electrons. The second-order valence-corrected chi connectivity index (χ2v) is 6.78. The number of carbonyl (C=O) groups excluding carboxylic acids is 2. The molecule has 0 unspecified atom stereocenters. The van der Waals surface area contributed by atoms with Crippen LogP contribution in [-0.4, -0.2) is 32.9 Å². The van der Waals surface area contributed by atoms with Crippen molar-refractivity contribution in [2.24, 2.45) is 0 Å². The van der Waals surface area contributed by atoms with Crippen molar-refractivity contribution < 1.29 is 9.59 Å². The van der Waals surface area contributed by atoms with Gasteiger partial charge in [0, 0.05) is 27.7 Å². The smallest absolute Gasteiger partial charge is 0.265 e. The normalized spacial score (nSPS) is 16.7. The standard InChI is InChI=1S/C17H14IN3O2S/c1-2-20-16(23)14(15(22)19-17(20)24)10-13-4-3-9-21(13)12-7-5-11(18)6-8-12/h3-10H,2H2,1H3,(H,19,22,24)/b14-10+. The van der Waals surface area contributed by atoms with Crippen LogP contribution < -0.4 is 5.32 Å². The van der Waals surface area contributed by atoms with Gasteiger partial charge in [-0.15, -0.1) is 0 Å². The van der Waals surface area contributed by atoms with Crippen molar-refractivity contribution in [2.45, 2.75) is 6.92 Å². The zero-order valence-electron chi connectivity index (χ0n) is 12.8. The molecule has 1 aromatic heterocycles. The van der Waals surface area contributed by atoms with Crippen molar-refractivity contribution in [2.75, 3.05) is 6.54 Å². The molecule has 7 heteroatoms. The van der Waals surface area contributed by atoms with E-state index >= 15 is 0 Å². The Balaban J connectivity index is 2.01. The number of nitrogens with zero attached hydrogens (tertiary/aromatic N) is 2. The van der Waals surface area contributed by atoms with Crippen LogP contribution in [0.25, 0.3) is 11.8 Å². The summed E-state index contributed by atoms with van der Waals surface area (Å²) in [5.74, 6) is -0.841. The average molecular weight is 451 g/mol. The summed E-state index contributed by atoms with van der Waals surface area (Å²) in [5, 5.41) is 2.71. The average Bonchev–Trinajstić information content (AvgIpc) is 3.00. The minimum Gasteiger partial charge on any atom is -0.317 e. The van der Waals surface area contributed by atoms with Gasteiger partial charge < -0.3 is 4.57 Å². The topological polar surface area (TPSA) is 54.3 Å². The van der Waals surface area contributed by atoms with E-state index in [-0.39, 0.29) is 16.6 Å². The highest BCUT2D eigenvalue weighted by molar-refractivity contribution is 14.1. The number of hydrogen-bond donors (Lipinski definition) is 1. The summed E-state index contributed by atoms with van der Waals surface area (Å²) >= 11 is 7.28. The number of aromatic nitrogens is 1. The first-order valence-corrected chi connectivity index (χ1v) is 8.82. The van der Waals surface area contributed by atoms with Crippen LogP contribution in [0.5, 0.6) is 0 Å². The van der Waals surface area contributed by atoms with Crippen molar-refractivity contribution in [3.63, 3.8) is 0 Å². The van der Waals surface area contributed by atoms with Gasteiger partial charge in [0.15, 0.2) is 5.11 Å². The third kappa shape index (κ3) is 3.13. The molecule has 2 amide bonds. The molecule has 3 rings (SSSR count). The van der Waals surface area contributed by atoms with Crippen LogP contribution in [0.15, 0.2) is 48.2 Å². The summed E-state index contributed by atoms with van der Waals surface area (Å²) in [4.78, 5) is 26.0. The molecule has 1 saturated heterocycles. The number of rotatable bonds is 3. The first-order valence-electron chi connectivity index (χ1n) is 7.33. The number of nitrogens with one attached hydrogen (secondary N) is 1. The van der Waals surface area contributed by atoms with E-state index in [1.54, 1.807) is 6.08 Å². The number of carbonyl (C=O) groups is 2. The molecule has 1 N–H and O–H groups in total. The third-order valence-corrected chi connectivity index (χ3v) is 4.72. The lowest BCUT2D eigenvalue weighted by atomic mass is 10.1. The lowest BCUT2D eigenvalue weighted by Crippen LogP contribution is -2.53. The van der Waals surface area contributed by atoms with Crippen LogP contribution in [0.1, 0.15) is 12.6 Å². The molecule has 1 aromatic carbocycles. The Morgan fingerprint density at radius 3 is 2.58 bits per heavy atom. The molecule has 5 nitrogen and oxygen atoms in total. The minimum absolute atomic E-state index is 0.0795. The largest absolute Gasteiger partial charge is 0.317 e. The first-order chi connectivity index (χ1) is 11.5. The van der Waals surface area contributed by atoms with Gasteiger partial charge in [-0.2, -0.15) is 0 Å². The number of amides is 2. The molecule has 0 aliphatic carbocycles. The van der Waals surface area contributed by atoms with Gasteiger partial charge in [-0.1, -0.05) is 0 Å². The highest BCUT2D eigenvalue weighted by atomic mass is 127. The van der Waals surface area contributed by atoms with Crippen molar-refractivity contribution in [1.29, 1.82) is 0 Å². The van der Waals surface area contributed by atoms with E-state index in [1.807, 2.05) is 54.1 Å². The summed E-state index contributed by atoms with van der Waals surface area (Å²) < 4.78 is 3.06. The predicted molar refractivity (Wildman–Crippen MR) is 105 cm³/mol. The molecule has 1 aliphatic heterocycles. The Morgan fingerprint density at radius 2 is 1.92 bits per heavy atom. The van der Waals surface area contributed by atoms with E-state index in [4.69, 9.17) is 12.2 Å².